The Kier molecular flexibility index (Phi) is 4.72. The largest absolute Gasteiger partial charge is 0.354 e. The van der Waals surface area contributed by atoms with Gasteiger partial charge in [-0.3, -0.25) is 9.59 Å². The molecule has 6 heteroatoms. The summed E-state index contributed by atoms with van der Waals surface area (Å²) in [5.41, 5.74) is 3.94. The van der Waals surface area contributed by atoms with E-state index < -0.39 is 5.91 Å². The van der Waals surface area contributed by atoms with Gasteiger partial charge >= 0.3 is 0 Å². The first-order valence-electron chi connectivity index (χ1n) is 8.48. The molecule has 0 atom stereocenters. The van der Waals surface area contributed by atoms with Crippen LogP contribution in [0.1, 0.15) is 57.1 Å². The van der Waals surface area contributed by atoms with Crippen molar-refractivity contribution in [1.29, 1.82) is 0 Å². The summed E-state index contributed by atoms with van der Waals surface area (Å²) in [7, 11) is 0. The highest BCUT2D eigenvalue weighted by Gasteiger charge is 2.23. The van der Waals surface area contributed by atoms with Crippen molar-refractivity contribution >= 4 is 17.4 Å². The number of rotatable bonds is 4. The molecule has 0 aliphatic carbocycles. The first kappa shape index (κ1) is 17.4. The zero-order chi connectivity index (χ0) is 18.1. The average Bonchev–Trinajstić information content (AvgIpc) is 2.94. The lowest BCUT2D eigenvalue weighted by Crippen LogP contribution is -2.25. The first-order chi connectivity index (χ1) is 11.9. The van der Waals surface area contributed by atoms with Gasteiger partial charge in [0.2, 0.25) is 0 Å². The minimum atomic E-state index is -0.430. The third-order valence-corrected chi connectivity index (χ3v) is 4.68. The maximum absolute atomic E-state index is 14.7. The molecule has 0 saturated heterocycles. The molecule has 3 N–H and O–H groups in total. The summed E-state index contributed by atoms with van der Waals surface area (Å²) in [5.74, 6) is -0.891. The number of halogens is 1. The predicted molar refractivity (Wildman–Crippen MR) is 94.7 cm³/mol. The lowest BCUT2D eigenvalue weighted by molar-refractivity contribution is 0.101. The highest BCUT2D eigenvalue weighted by Crippen LogP contribution is 2.26. The van der Waals surface area contributed by atoms with Crippen molar-refractivity contribution in [2.75, 3.05) is 11.9 Å². The molecular weight excluding hydrogens is 321 g/mol. The molecule has 2 aromatic rings. The minimum Gasteiger partial charge on any atom is -0.354 e. The van der Waals surface area contributed by atoms with Gasteiger partial charge in [0, 0.05) is 17.8 Å². The van der Waals surface area contributed by atoms with Crippen molar-refractivity contribution in [1.82, 2.24) is 10.3 Å². The molecule has 3 rings (SSSR count). The Labute approximate surface area is 146 Å². The molecule has 1 aromatic carbocycles. The molecule has 132 valence electrons. The van der Waals surface area contributed by atoms with Crippen molar-refractivity contribution in [2.45, 2.75) is 40.2 Å². The van der Waals surface area contributed by atoms with E-state index in [2.05, 4.69) is 15.6 Å². The fraction of sp³-hybridized carbons (Fsp3) is 0.368. The van der Waals surface area contributed by atoms with Crippen LogP contribution in [0.15, 0.2) is 12.1 Å². The molecule has 25 heavy (non-hydrogen) atoms. The van der Waals surface area contributed by atoms with Crippen LogP contribution in [0.4, 0.5) is 10.1 Å². The van der Waals surface area contributed by atoms with E-state index in [0.717, 1.165) is 12.1 Å². The molecule has 0 fully saturated rings. The number of carbonyl (C=O) groups excluding carboxylic acids is 2. The van der Waals surface area contributed by atoms with Gasteiger partial charge in [-0.25, -0.2) is 4.39 Å². The van der Waals surface area contributed by atoms with Gasteiger partial charge in [0.1, 0.15) is 11.5 Å². The summed E-state index contributed by atoms with van der Waals surface area (Å²) in [6.07, 6.45) is 1.14. The molecule has 0 bridgehead atoms. The van der Waals surface area contributed by atoms with E-state index >= 15 is 0 Å². The Morgan fingerprint density at radius 1 is 1.32 bits per heavy atom. The van der Waals surface area contributed by atoms with E-state index in [0.29, 0.717) is 47.5 Å². The molecule has 2 heterocycles. The van der Waals surface area contributed by atoms with Crippen LogP contribution in [0, 0.1) is 12.7 Å². The fourth-order valence-corrected chi connectivity index (χ4v) is 3.52. The standard InChI is InChI=1S/C19H22FN3O2/c1-4-13-16(11(3)24)10(2)22-18(13)19(25)23-15-6-5-12-9-21-8-7-14(12)17(15)20/h5-6,21-22H,4,7-9H2,1-3H3,(H,23,25). The summed E-state index contributed by atoms with van der Waals surface area (Å²) in [4.78, 5) is 27.5. The monoisotopic (exact) mass is 343 g/mol. The third kappa shape index (κ3) is 3.09. The smallest absolute Gasteiger partial charge is 0.272 e. The minimum absolute atomic E-state index is 0.0860. The number of aromatic amines is 1. The van der Waals surface area contributed by atoms with E-state index in [1.807, 2.05) is 13.0 Å². The Balaban J connectivity index is 1.94. The Morgan fingerprint density at radius 3 is 2.76 bits per heavy atom. The number of anilines is 1. The maximum atomic E-state index is 14.7. The van der Waals surface area contributed by atoms with Crippen molar-refractivity contribution < 1.29 is 14.0 Å². The molecule has 1 aliphatic rings. The predicted octanol–water partition coefficient (Wildman–Crippen LogP) is 3.13. The number of benzene rings is 1. The number of nitrogens with one attached hydrogen (secondary N) is 3. The Hall–Kier alpha value is -2.47. The second-order valence-electron chi connectivity index (χ2n) is 6.33. The van der Waals surface area contributed by atoms with Crippen LogP contribution in [0.2, 0.25) is 0 Å². The second kappa shape index (κ2) is 6.80. The van der Waals surface area contributed by atoms with Gasteiger partial charge < -0.3 is 15.6 Å². The summed E-state index contributed by atoms with van der Waals surface area (Å²) in [6.45, 7) is 6.49. The molecule has 5 nitrogen and oxygen atoms in total. The van der Waals surface area contributed by atoms with Crippen LogP contribution in [-0.4, -0.2) is 23.2 Å². The van der Waals surface area contributed by atoms with Gasteiger partial charge in [-0.15, -0.1) is 0 Å². The highest BCUT2D eigenvalue weighted by atomic mass is 19.1. The number of ketones is 1. The molecule has 0 saturated carbocycles. The van der Waals surface area contributed by atoms with E-state index in [1.165, 1.54) is 6.92 Å². The molecule has 0 unspecified atom stereocenters. The van der Waals surface area contributed by atoms with Gasteiger partial charge in [0.25, 0.3) is 5.91 Å². The Morgan fingerprint density at radius 2 is 2.08 bits per heavy atom. The van der Waals surface area contributed by atoms with Crippen molar-refractivity contribution in [3.63, 3.8) is 0 Å². The van der Waals surface area contributed by atoms with Crippen LogP contribution in [0.5, 0.6) is 0 Å². The molecule has 0 spiro atoms. The molecule has 1 amide bonds. The molecule has 1 aromatic heterocycles. The van der Waals surface area contributed by atoms with Crippen molar-refractivity contribution in [3.05, 3.63) is 51.6 Å². The number of aromatic nitrogens is 1. The summed E-state index contributed by atoms with van der Waals surface area (Å²) >= 11 is 0. The summed E-state index contributed by atoms with van der Waals surface area (Å²) in [5, 5.41) is 5.85. The van der Waals surface area contributed by atoms with E-state index in [-0.39, 0.29) is 17.3 Å². The van der Waals surface area contributed by atoms with Crippen molar-refractivity contribution in [3.8, 4) is 0 Å². The van der Waals surface area contributed by atoms with E-state index in [9.17, 15) is 14.0 Å². The SMILES string of the molecule is CCc1c(C(=O)Nc2ccc3c(c2F)CCNC3)[nH]c(C)c1C(C)=O. The number of carbonyl (C=O) groups is 2. The normalized spacial score (nSPS) is 13.4. The average molecular weight is 343 g/mol. The summed E-state index contributed by atoms with van der Waals surface area (Å²) < 4.78 is 14.7. The zero-order valence-corrected chi connectivity index (χ0v) is 14.7. The number of hydrogen-bond acceptors (Lipinski definition) is 3. The van der Waals surface area contributed by atoms with Gasteiger partial charge in [-0.05, 0) is 56.0 Å². The van der Waals surface area contributed by atoms with Crippen LogP contribution in [-0.2, 0) is 19.4 Å². The van der Waals surface area contributed by atoms with Gasteiger partial charge in [-0.2, -0.15) is 0 Å². The van der Waals surface area contributed by atoms with Crippen LogP contribution >= 0.6 is 0 Å². The molecule has 1 aliphatic heterocycles. The van der Waals surface area contributed by atoms with E-state index in [4.69, 9.17) is 0 Å². The first-order valence-corrected chi connectivity index (χ1v) is 8.48. The highest BCUT2D eigenvalue weighted by molar-refractivity contribution is 6.07. The molecule has 0 radical (unpaired) electrons. The topological polar surface area (TPSA) is 74.0 Å². The van der Waals surface area contributed by atoms with Crippen molar-refractivity contribution in [2.24, 2.45) is 0 Å². The number of amides is 1. The van der Waals surface area contributed by atoms with Gasteiger partial charge in [-0.1, -0.05) is 13.0 Å². The number of fused-ring (bicyclic) bond motifs is 1. The Bertz CT molecular complexity index is 855. The third-order valence-electron chi connectivity index (χ3n) is 4.68. The number of hydrogen-bond donors (Lipinski definition) is 3. The quantitative estimate of drug-likeness (QED) is 0.747. The van der Waals surface area contributed by atoms with Crippen LogP contribution in [0.25, 0.3) is 0 Å². The summed E-state index contributed by atoms with van der Waals surface area (Å²) in [6, 6.07) is 3.42. The maximum Gasteiger partial charge on any atom is 0.272 e. The zero-order valence-electron chi connectivity index (χ0n) is 14.7. The second-order valence-corrected chi connectivity index (χ2v) is 6.33. The number of Topliss-reactive ketones (excluding diaryl/α,β-unsaturated/α-hetero) is 1. The fourth-order valence-electron chi connectivity index (χ4n) is 3.52. The molecular formula is C19H22FN3O2. The van der Waals surface area contributed by atoms with E-state index in [1.54, 1.807) is 13.0 Å². The van der Waals surface area contributed by atoms with Gasteiger partial charge in [0.05, 0.1) is 5.69 Å². The van der Waals surface area contributed by atoms with Gasteiger partial charge in [0.15, 0.2) is 5.78 Å². The lowest BCUT2D eigenvalue weighted by Gasteiger charge is -2.19. The van der Waals surface area contributed by atoms with Crippen LogP contribution in [0.3, 0.4) is 0 Å². The number of aryl methyl sites for hydroxylation is 1. The lowest BCUT2D eigenvalue weighted by atomic mass is 9.99. The van der Waals surface area contributed by atoms with Crippen LogP contribution < -0.4 is 10.6 Å². The number of H-pyrrole nitrogens is 1.